The Hall–Kier alpha value is -1.56. The maximum atomic E-state index is 12.4. The molecule has 9 nitrogen and oxygen atoms in total. The molecule has 0 saturated carbocycles. The van der Waals surface area contributed by atoms with Crippen LogP contribution in [0.3, 0.4) is 0 Å². The lowest BCUT2D eigenvalue weighted by atomic mass is 10.1. The lowest BCUT2D eigenvalue weighted by molar-refractivity contribution is -0.388. The van der Waals surface area contributed by atoms with Gasteiger partial charge in [-0.05, 0) is 25.0 Å². The first-order chi connectivity index (χ1) is 10.8. The molecule has 11 heteroatoms. The van der Waals surface area contributed by atoms with E-state index in [1.165, 1.54) is 14.1 Å². The van der Waals surface area contributed by atoms with Crippen molar-refractivity contribution in [2.75, 3.05) is 14.1 Å². The average molecular weight is 379 g/mol. The molecule has 0 spiro atoms. The number of sulfonamides is 2. The highest BCUT2D eigenvalue weighted by atomic mass is 32.2. The summed E-state index contributed by atoms with van der Waals surface area (Å²) < 4.78 is 52.2. The van der Waals surface area contributed by atoms with Crippen LogP contribution >= 0.6 is 0 Å². The molecular formula is C13H21N3O6S2. The molecule has 0 radical (unpaired) electrons. The Labute approximate surface area is 141 Å². The molecule has 0 saturated heterocycles. The maximum Gasteiger partial charge on any atom is 0.290 e. The molecule has 0 aliphatic heterocycles. The number of hydrogen-bond donors (Lipinski definition) is 1. The molecule has 0 aromatic heterocycles. The largest absolute Gasteiger partial charge is 0.290 e. The Morgan fingerprint density at radius 1 is 1.12 bits per heavy atom. The molecule has 1 aromatic rings. The molecule has 0 aliphatic rings. The van der Waals surface area contributed by atoms with Crippen molar-refractivity contribution in [2.24, 2.45) is 5.92 Å². The van der Waals surface area contributed by atoms with Gasteiger partial charge < -0.3 is 0 Å². The van der Waals surface area contributed by atoms with Gasteiger partial charge in [0, 0.05) is 26.2 Å². The average Bonchev–Trinajstić information content (AvgIpc) is 2.45. The van der Waals surface area contributed by atoms with E-state index in [0.29, 0.717) is 0 Å². The summed E-state index contributed by atoms with van der Waals surface area (Å²) in [5.74, 6) is -0.0211. The molecule has 0 amide bonds. The molecule has 136 valence electrons. The van der Waals surface area contributed by atoms with Crippen LogP contribution in [0.15, 0.2) is 28.0 Å². The van der Waals surface area contributed by atoms with Crippen LogP contribution < -0.4 is 4.72 Å². The minimum atomic E-state index is -4.16. The van der Waals surface area contributed by atoms with Crippen molar-refractivity contribution in [2.45, 2.75) is 36.6 Å². The standard InChI is InChI=1S/C13H21N3O6S2/c1-9(2)10(3)14-23(19,20)13-7-6-11(8-12(13)16(17)18)24(21,22)15(4)5/h6-10,14H,1-5H3. The van der Waals surface area contributed by atoms with E-state index in [1.54, 1.807) is 20.8 Å². The Balaban J connectivity index is 3.49. The second-order valence-corrected chi connectivity index (χ2v) is 9.66. The minimum Gasteiger partial charge on any atom is -0.258 e. The van der Waals surface area contributed by atoms with E-state index in [2.05, 4.69) is 4.72 Å². The molecule has 1 rings (SSSR count). The number of rotatable bonds is 7. The summed E-state index contributed by atoms with van der Waals surface area (Å²) in [7, 11) is -5.53. The van der Waals surface area contributed by atoms with Gasteiger partial charge >= 0.3 is 0 Å². The van der Waals surface area contributed by atoms with Crippen LogP contribution in [0.2, 0.25) is 0 Å². The summed E-state index contributed by atoms with van der Waals surface area (Å²) in [6.45, 7) is 5.24. The van der Waals surface area contributed by atoms with Crippen molar-refractivity contribution in [3.63, 3.8) is 0 Å². The van der Waals surface area contributed by atoms with Gasteiger partial charge in [-0.3, -0.25) is 10.1 Å². The van der Waals surface area contributed by atoms with E-state index in [1.807, 2.05) is 0 Å². The van der Waals surface area contributed by atoms with Crippen molar-refractivity contribution >= 4 is 25.7 Å². The number of nitro benzene ring substituents is 1. The Morgan fingerprint density at radius 3 is 2.08 bits per heavy atom. The predicted molar refractivity (Wildman–Crippen MR) is 88.6 cm³/mol. The zero-order chi connectivity index (χ0) is 18.9. The normalized spacial score (nSPS) is 14.1. The number of hydrogen-bond acceptors (Lipinski definition) is 6. The van der Waals surface area contributed by atoms with Gasteiger partial charge in [0.05, 0.1) is 9.82 Å². The Bertz CT molecular complexity index is 831. The van der Waals surface area contributed by atoms with Gasteiger partial charge in [-0.2, -0.15) is 0 Å². The van der Waals surface area contributed by atoms with Crippen molar-refractivity contribution < 1.29 is 21.8 Å². The zero-order valence-corrected chi connectivity index (χ0v) is 15.7. The number of nitrogens with zero attached hydrogens (tertiary/aromatic N) is 2. The number of benzene rings is 1. The lowest BCUT2D eigenvalue weighted by Crippen LogP contribution is -2.36. The smallest absolute Gasteiger partial charge is 0.258 e. The summed E-state index contributed by atoms with van der Waals surface area (Å²) in [6, 6.07) is 2.28. The van der Waals surface area contributed by atoms with E-state index >= 15 is 0 Å². The fourth-order valence-electron chi connectivity index (χ4n) is 1.68. The quantitative estimate of drug-likeness (QED) is 0.559. The summed E-state index contributed by atoms with van der Waals surface area (Å²) in [6.07, 6.45) is 0. The van der Waals surface area contributed by atoms with Crippen LogP contribution in [0.4, 0.5) is 5.69 Å². The van der Waals surface area contributed by atoms with E-state index in [9.17, 15) is 26.9 Å². The Morgan fingerprint density at radius 2 is 1.67 bits per heavy atom. The third kappa shape index (κ3) is 4.29. The predicted octanol–water partition coefficient (Wildman–Crippen LogP) is 1.17. The van der Waals surface area contributed by atoms with Crippen LogP contribution in [0.25, 0.3) is 0 Å². The van der Waals surface area contributed by atoms with Crippen molar-refractivity contribution in [3.05, 3.63) is 28.3 Å². The molecule has 0 heterocycles. The van der Waals surface area contributed by atoms with Gasteiger partial charge in [0.15, 0.2) is 4.90 Å². The SMILES string of the molecule is CC(C)C(C)NS(=O)(=O)c1ccc(S(=O)(=O)N(C)C)cc1[N+](=O)[O-]. The molecule has 1 N–H and O–H groups in total. The van der Waals surface area contributed by atoms with Gasteiger partial charge in [-0.1, -0.05) is 13.8 Å². The lowest BCUT2D eigenvalue weighted by Gasteiger charge is -2.18. The summed E-state index contributed by atoms with van der Waals surface area (Å²) >= 11 is 0. The second-order valence-electron chi connectivity index (χ2n) is 5.83. The highest BCUT2D eigenvalue weighted by Crippen LogP contribution is 2.28. The van der Waals surface area contributed by atoms with Crippen LogP contribution in [-0.4, -0.2) is 46.2 Å². The maximum absolute atomic E-state index is 12.4. The van der Waals surface area contributed by atoms with Crippen molar-refractivity contribution in [1.29, 1.82) is 0 Å². The molecule has 1 atom stereocenters. The summed E-state index contributed by atoms with van der Waals surface area (Å²) in [5, 5.41) is 11.2. The van der Waals surface area contributed by atoms with Gasteiger partial charge in [0.1, 0.15) is 0 Å². The molecule has 0 bridgehead atoms. The third-order valence-corrected chi connectivity index (χ3v) is 6.95. The van der Waals surface area contributed by atoms with Crippen molar-refractivity contribution in [1.82, 2.24) is 9.03 Å². The Kier molecular flexibility index (Phi) is 6.09. The summed E-state index contributed by atoms with van der Waals surface area (Å²) in [4.78, 5) is 9.41. The van der Waals surface area contributed by atoms with E-state index in [-0.39, 0.29) is 10.8 Å². The summed E-state index contributed by atoms with van der Waals surface area (Å²) in [5.41, 5.74) is -0.790. The second kappa shape index (κ2) is 7.13. The first-order valence-corrected chi connectivity index (χ1v) is 9.96. The molecular weight excluding hydrogens is 358 g/mol. The fourth-order valence-corrected chi connectivity index (χ4v) is 4.15. The molecule has 0 fully saturated rings. The van der Waals surface area contributed by atoms with Crippen LogP contribution in [0.5, 0.6) is 0 Å². The number of nitrogens with one attached hydrogen (secondary N) is 1. The van der Waals surface area contributed by atoms with E-state index < -0.39 is 41.6 Å². The van der Waals surface area contributed by atoms with Crippen LogP contribution in [-0.2, 0) is 20.0 Å². The first-order valence-electron chi connectivity index (χ1n) is 7.04. The highest BCUT2D eigenvalue weighted by Gasteiger charge is 2.30. The monoisotopic (exact) mass is 379 g/mol. The topological polar surface area (TPSA) is 127 Å². The fraction of sp³-hybridized carbons (Fsp3) is 0.538. The van der Waals surface area contributed by atoms with Gasteiger partial charge in [0.2, 0.25) is 20.0 Å². The highest BCUT2D eigenvalue weighted by molar-refractivity contribution is 7.90. The van der Waals surface area contributed by atoms with Crippen molar-refractivity contribution in [3.8, 4) is 0 Å². The molecule has 1 unspecified atom stereocenters. The van der Waals surface area contributed by atoms with E-state index in [4.69, 9.17) is 0 Å². The third-order valence-electron chi connectivity index (χ3n) is 3.54. The molecule has 1 aromatic carbocycles. The molecule has 0 aliphatic carbocycles. The first kappa shape index (κ1) is 20.5. The minimum absolute atomic E-state index is 0.0211. The van der Waals surface area contributed by atoms with Crippen LogP contribution in [0.1, 0.15) is 20.8 Å². The van der Waals surface area contributed by atoms with Gasteiger partial charge in [-0.25, -0.2) is 25.9 Å². The van der Waals surface area contributed by atoms with Crippen LogP contribution in [0, 0.1) is 16.0 Å². The molecule has 24 heavy (non-hydrogen) atoms. The zero-order valence-electron chi connectivity index (χ0n) is 14.0. The van der Waals surface area contributed by atoms with Gasteiger partial charge in [0.25, 0.3) is 5.69 Å². The van der Waals surface area contributed by atoms with E-state index in [0.717, 1.165) is 22.5 Å². The number of nitro groups is 1. The van der Waals surface area contributed by atoms with Gasteiger partial charge in [-0.15, -0.1) is 0 Å².